The van der Waals surface area contributed by atoms with Gasteiger partial charge < -0.3 is 4.74 Å². The molecular weight excluding hydrogens is 380 g/mol. The highest BCUT2D eigenvalue weighted by Gasteiger charge is 2.56. The van der Waals surface area contributed by atoms with Crippen LogP contribution < -0.4 is 4.74 Å². The monoisotopic (exact) mass is 406 g/mol. The molecule has 2 saturated carbocycles. The van der Waals surface area contributed by atoms with Crippen molar-refractivity contribution < 1.29 is 9.53 Å². The topological polar surface area (TPSA) is 26.3 Å². The largest absolute Gasteiger partial charge is 0.497 e. The van der Waals surface area contributed by atoms with Crippen LogP contribution in [0.15, 0.2) is 48.0 Å². The number of rotatable bonds is 2. The third kappa shape index (κ3) is 3.04. The van der Waals surface area contributed by atoms with E-state index in [9.17, 15) is 4.79 Å². The zero-order chi connectivity index (χ0) is 20.2. The number of halogens is 1. The summed E-state index contributed by atoms with van der Waals surface area (Å²) in [7, 11) is 1.73. The number of methoxy groups -OCH3 is 1. The molecule has 3 aliphatic carbocycles. The van der Waals surface area contributed by atoms with Crippen molar-refractivity contribution in [2.24, 2.45) is 17.3 Å². The maximum atomic E-state index is 13.4. The molecule has 0 saturated heterocycles. The van der Waals surface area contributed by atoms with E-state index in [0.29, 0.717) is 23.5 Å². The van der Waals surface area contributed by atoms with Gasteiger partial charge in [-0.25, -0.2) is 0 Å². The van der Waals surface area contributed by atoms with Crippen LogP contribution in [0.3, 0.4) is 0 Å². The molecule has 0 heterocycles. The lowest BCUT2D eigenvalue weighted by Crippen LogP contribution is -2.42. The number of hydrogen-bond donors (Lipinski definition) is 0. The van der Waals surface area contributed by atoms with Crippen LogP contribution in [0.25, 0.3) is 6.08 Å². The van der Waals surface area contributed by atoms with Crippen molar-refractivity contribution >= 4 is 23.5 Å². The molecule has 0 N–H and O–H groups in total. The number of hydrogen-bond acceptors (Lipinski definition) is 2. The first-order valence-electron chi connectivity index (χ1n) is 10.7. The van der Waals surface area contributed by atoms with E-state index in [1.165, 1.54) is 17.5 Å². The van der Waals surface area contributed by atoms with Gasteiger partial charge in [-0.3, -0.25) is 4.79 Å². The normalized spacial score (nSPS) is 31.9. The van der Waals surface area contributed by atoms with Gasteiger partial charge in [-0.2, -0.15) is 0 Å². The number of Topliss-reactive ketones (excluding diaryl/α,β-unsaturated/α-hetero) is 1. The summed E-state index contributed by atoms with van der Waals surface area (Å²) in [4.78, 5) is 13.4. The van der Waals surface area contributed by atoms with Gasteiger partial charge in [0.1, 0.15) is 5.75 Å². The second kappa shape index (κ2) is 7.02. The molecule has 150 valence electrons. The van der Waals surface area contributed by atoms with Crippen LogP contribution in [0.2, 0.25) is 5.02 Å². The standard InChI is InChI=1S/C26H27ClO2/c1-26-12-11-22-21-10-8-20(29-2)14-17(21)5-9-23(22)24(26)15-18(25(26)28)13-16-3-6-19(27)7-4-16/h3-4,6-8,10,13-14,22-24H,5,9,11-12,15H2,1-2H3/b18-13+/t22-,23-,24-,26+/m1/s1. The van der Waals surface area contributed by atoms with Crippen LogP contribution in [0.5, 0.6) is 5.75 Å². The van der Waals surface area contributed by atoms with Crippen LogP contribution in [0.4, 0.5) is 0 Å². The second-order valence-corrected chi connectivity index (χ2v) is 9.63. The average Bonchev–Trinajstić information content (AvgIpc) is 2.99. The molecule has 5 rings (SSSR count). The van der Waals surface area contributed by atoms with E-state index in [1.54, 1.807) is 7.11 Å². The van der Waals surface area contributed by atoms with E-state index in [1.807, 2.05) is 24.3 Å². The highest BCUT2D eigenvalue weighted by molar-refractivity contribution is 6.30. The van der Waals surface area contributed by atoms with Crippen LogP contribution in [0, 0.1) is 17.3 Å². The number of carbonyl (C=O) groups excluding carboxylic acids is 1. The Labute approximate surface area is 177 Å². The van der Waals surface area contributed by atoms with Gasteiger partial charge in [0.15, 0.2) is 5.78 Å². The van der Waals surface area contributed by atoms with Gasteiger partial charge in [0, 0.05) is 10.4 Å². The molecule has 3 aliphatic rings. The predicted molar refractivity (Wildman–Crippen MR) is 117 cm³/mol. The summed E-state index contributed by atoms with van der Waals surface area (Å²) >= 11 is 6.02. The molecule has 0 spiro atoms. The van der Waals surface area contributed by atoms with Crippen LogP contribution in [-0.4, -0.2) is 12.9 Å². The van der Waals surface area contributed by atoms with Crippen molar-refractivity contribution in [1.29, 1.82) is 0 Å². The Kier molecular flexibility index (Phi) is 4.58. The van der Waals surface area contributed by atoms with Crippen molar-refractivity contribution in [2.45, 2.75) is 44.9 Å². The number of ketones is 1. The first-order chi connectivity index (χ1) is 14.0. The lowest BCUT2D eigenvalue weighted by molar-refractivity contribution is -0.127. The van der Waals surface area contributed by atoms with Crippen LogP contribution in [0.1, 0.15) is 55.2 Å². The summed E-state index contributed by atoms with van der Waals surface area (Å²) in [5.41, 5.74) is 4.80. The highest BCUT2D eigenvalue weighted by Crippen LogP contribution is 2.60. The molecule has 0 radical (unpaired) electrons. The summed E-state index contributed by atoms with van der Waals surface area (Å²) in [5.74, 6) is 2.94. The lowest BCUT2D eigenvalue weighted by Gasteiger charge is -2.48. The number of allylic oxidation sites excluding steroid dienone is 1. The first kappa shape index (κ1) is 18.9. The van der Waals surface area contributed by atoms with E-state index in [4.69, 9.17) is 16.3 Å². The Morgan fingerprint density at radius 2 is 1.93 bits per heavy atom. The molecule has 0 amide bonds. The fourth-order valence-electron chi connectivity index (χ4n) is 6.25. The predicted octanol–water partition coefficient (Wildman–Crippen LogP) is 6.47. The van der Waals surface area contributed by atoms with Crippen molar-refractivity contribution in [1.82, 2.24) is 0 Å². The fourth-order valence-corrected chi connectivity index (χ4v) is 6.37. The SMILES string of the molecule is COc1ccc2c(c1)CC[C@@H]1[C@@H]2CC[C@]2(C)C(=O)/C(=C/c3ccc(Cl)cc3)C[C@H]12. The molecule has 4 atom stereocenters. The Balaban J connectivity index is 1.47. The number of benzene rings is 2. The van der Waals surface area contributed by atoms with E-state index in [-0.39, 0.29) is 5.41 Å². The van der Waals surface area contributed by atoms with E-state index in [0.717, 1.165) is 47.6 Å². The minimum absolute atomic E-state index is 0.205. The van der Waals surface area contributed by atoms with Gasteiger partial charge in [0.2, 0.25) is 0 Å². The van der Waals surface area contributed by atoms with Crippen LogP contribution >= 0.6 is 11.6 Å². The van der Waals surface area contributed by atoms with Crippen LogP contribution in [-0.2, 0) is 11.2 Å². The number of carbonyl (C=O) groups is 1. The number of aryl methyl sites for hydroxylation is 1. The quantitative estimate of drug-likeness (QED) is 0.534. The maximum absolute atomic E-state index is 13.4. The molecular formula is C26H27ClO2. The number of fused-ring (bicyclic) bond motifs is 5. The Morgan fingerprint density at radius 3 is 2.69 bits per heavy atom. The van der Waals surface area contributed by atoms with Crippen molar-refractivity contribution in [3.8, 4) is 5.75 Å². The fraction of sp³-hybridized carbons (Fsp3) is 0.423. The second-order valence-electron chi connectivity index (χ2n) is 9.19. The molecule has 3 heteroatoms. The van der Waals surface area contributed by atoms with Gasteiger partial charge >= 0.3 is 0 Å². The molecule has 2 aromatic carbocycles. The minimum atomic E-state index is -0.205. The highest BCUT2D eigenvalue weighted by atomic mass is 35.5. The summed E-state index contributed by atoms with van der Waals surface area (Å²) in [5, 5.41) is 0.728. The molecule has 2 fully saturated rings. The summed E-state index contributed by atoms with van der Waals surface area (Å²) in [6.45, 7) is 2.22. The smallest absolute Gasteiger partial charge is 0.165 e. The molecule has 0 aliphatic heterocycles. The summed E-state index contributed by atoms with van der Waals surface area (Å²) in [6.07, 6.45) is 7.36. The Hall–Kier alpha value is -2.06. The number of ether oxygens (including phenoxy) is 1. The van der Waals surface area contributed by atoms with E-state index in [2.05, 4.69) is 31.2 Å². The zero-order valence-corrected chi connectivity index (χ0v) is 17.8. The molecule has 2 nitrogen and oxygen atoms in total. The molecule has 2 aromatic rings. The summed E-state index contributed by atoms with van der Waals surface area (Å²) in [6, 6.07) is 14.4. The lowest BCUT2D eigenvalue weighted by atomic mass is 9.55. The van der Waals surface area contributed by atoms with Crippen molar-refractivity contribution in [3.63, 3.8) is 0 Å². The van der Waals surface area contributed by atoms with Crippen molar-refractivity contribution in [3.05, 3.63) is 69.8 Å². The first-order valence-corrected chi connectivity index (χ1v) is 11.0. The van der Waals surface area contributed by atoms with Crippen molar-refractivity contribution in [2.75, 3.05) is 7.11 Å². The Morgan fingerprint density at radius 1 is 1.14 bits per heavy atom. The maximum Gasteiger partial charge on any atom is 0.165 e. The van der Waals surface area contributed by atoms with Gasteiger partial charge in [-0.15, -0.1) is 0 Å². The molecule has 0 unspecified atom stereocenters. The van der Waals surface area contributed by atoms with Gasteiger partial charge in [0.05, 0.1) is 7.11 Å². The minimum Gasteiger partial charge on any atom is -0.497 e. The van der Waals surface area contributed by atoms with Gasteiger partial charge in [0.25, 0.3) is 0 Å². The van der Waals surface area contributed by atoms with E-state index < -0.39 is 0 Å². The average molecular weight is 407 g/mol. The molecule has 29 heavy (non-hydrogen) atoms. The zero-order valence-electron chi connectivity index (χ0n) is 17.1. The Bertz CT molecular complexity index is 990. The third-order valence-corrected chi connectivity index (χ3v) is 8.04. The third-order valence-electron chi connectivity index (χ3n) is 7.78. The summed E-state index contributed by atoms with van der Waals surface area (Å²) < 4.78 is 5.43. The molecule has 0 aromatic heterocycles. The van der Waals surface area contributed by atoms with Gasteiger partial charge in [-0.05, 0) is 102 Å². The van der Waals surface area contributed by atoms with E-state index >= 15 is 0 Å². The van der Waals surface area contributed by atoms with Gasteiger partial charge in [-0.1, -0.05) is 36.7 Å². The molecule has 0 bridgehead atoms.